The highest BCUT2D eigenvalue weighted by atomic mass is 16.6. The summed E-state index contributed by atoms with van der Waals surface area (Å²) in [4.78, 5) is 24.5. The van der Waals surface area contributed by atoms with E-state index in [1.165, 1.54) is 0 Å². The number of amides is 1. The van der Waals surface area contributed by atoms with Gasteiger partial charge in [-0.1, -0.05) is 0 Å². The molecule has 0 spiro atoms. The van der Waals surface area contributed by atoms with Gasteiger partial charge in [0.25, 0.3) is 5.91 Å². The Balaban J connectivity index is 1.78. The van der Waals surface area contributed by atoms with Gasteiger partial charge in [0, 0.05) is 19.5 Å². The van der Waals surface area contributed by atoms with Crippen LogP contribution in [0.4, 0.5) is 0 Å². The monoisotopic (exact) mass is 257 g/mol. The van der Waals surface area contributed by atoms with E-state index in [4.69, 9.17) is 14.6 Å². The van der Waals surface area contributed by atoms with E-state index >= 15 is 0 Å². The first-order valence-electron chi connectivity index (χ1n) is 6.36. The number of hydrogen-bond donors (Lipinski definition) is 1. The molecule has 102 valence electrons. The van der Waals surface area contributed by atoms with Crippen molar-refractivity contribution in [3.05, 3.63) is 0 Å². The van der Waals surface area contributed by atoms with Crippen molar-refractivity contribution in [2.24, 2.45) is 5.92 Å². The molecule has 0 aromatic heterocycles. The molecular weight excluding hydrogens is 238 g/mol. The fourth-order valence-electron chi connectivity index (χ4n) is 2.44. The first-order valence-corrected chi connectivity index (χ1v) is 6.36. The summed E-state index contributed by atoms with van der Waals surface area (Å²) in [5.74, 6) is -0.595. The van der Waals surface area contributed by atoms with Gasteiger partial charge in [-0.05, 0) is 18.8 Å². The molecule has 0 unspecified atom stereocenters. The molecule has 2 aliphatic rings. The molecule has 0 aromatic rings. The average Bonchev–Trinajstić information content (AvgIpc) is 2.39. The van der Waals surface area contributed by atoms with Crippen LogP contribution in [-0.4, -0.2) is 60.9 Å². The first-order chi connectivity index (χ1) is 8.66. The third-order valence-corrected chi connectivity index (χ3v) is 3.48. The van der Waals surface area contributed by atoms with E-state index in [0.717, 1.165) is 12.8 Å². The van der Waals surface area contributed by atoms with Gasteiger partial charge < -0.3 is 19.5 Å². The van der Waals surface area contributed by atoms with Crippen molar-refractivity contribution in [1.29, 1.82) is 0 Å². The van der Waals surface area contributed by atoms with E-state index in [-0.39, 0.29) is 18.2 Å². The van der Waals surface area contributed by atoms with Crippen molar-refractivity contribution in [3.8, 4) is 0 Å². The topological polar surface area (TPSA) is 76.1 Å². The lowest BCUT2D eigenvalue weighted by Crippen LogP contribution is -2.48. The number of carboxylic acids is 1. The minimum atomic E-state index is -0.760. The quantitative estimate of drug-likeness (QED) is 0.777. The predicted octanol–water partition coefficient (Wildman–Crippen LogP) is 0.115. The first kappa shape index (κ1) is 13.3. The Labute approximate surface area is 106 Å². The summed E-state index contributed by atoms with van der Waals surface area (Å²) in [6, 6.07) is 0. The van der Waals surface area contributed by atoms with E-state index in [0.29, 0.717) is 32.9 Å². The standard InChI is InChI=1S/C12H19NO5/c14-11(15)7-9-1-3-13(4-2-9)12(16)10-8-17-5-6-18-10/h9-10H,1-8H2,(H,14,15)/t10-/m1/s1. The summed E-state index contributed by atoms with van der Waals surface area (Å²) >= 11 is 0. The Morgan fingerprint density at radius 1 is 1.22 bits per heavy atom. The van der Waals surface area contributed by atoms with Gasteiger partial charge in [-0.3, -0.25) is 9.59 Å². The molecule has 2 saturated heterocycles. The molecule has 18 heavy (non-hydrogen) atoms. The molecule has 2 rings (SSSR count). The van der Waals surface area contributed by atoms with Crippen molar-refractivity contribution < 1.29 is 24.2 Å². The van der Waals surface area contributed by atoms with E-state index in [1.54, 1.807) is 4.90 Å². The van der Waals surface area contributed by atoms with Crippen LogP contribution in [0.25, 0.3) is 0 Å². The van der Waals surface area contributed by atoms with Crippen molar-refractivity contribution >= 4 is 11.9 Å². The highest BCUT2D eigenvalue weighted by Crippen LogP contribution is 2.21. The van der Waals surface area contributed by atoms with Crippen LogP contribution in [0.5, 0.6) is 0 Å². The molecule has 6 heteroatoms. The van der Waals surface area contributed by atoms with Gasteiger partial charge in [-0.2, -0.15) is 0 Å². The van der Waals surface area contributed by atoms with Crippen LogP contribution in [-0.2, 0) is 19.1 Å². The van der Waals surface area contributed by atoms with E-state index in [9.17, 15) is 9.59 Å². The summed E-state index contributed by atoms with van der Waals surface area (Å²) in [6.45, 7) is 2.58. The Kier molecular flexibility index (Phi) is 4.54. The summed E-state index contributed by atoms with van der Waals surface area (Å²) in [7, 11) is 0. The van der Waals surface area contributed by atoms with Gasteiger partial charge in [-0.25, -0.2) is 0 Å². The van der Waals surface area contributed by atoms with Crippen LogP contribution < -0.4 is 0 Å². The van der Waals surface area contributed by atoms with Gasteiger partial charge >= 0.3 is 5.97 Å². The van der Waals surface area contributed by atoms with E-state index in [1.807, 2.05) is 0 Å². The van der Waals surface area contributed by atoms with Gasteiger partial charge in [0.1, 0.15) is 0 Å². The van der Waals surface area contributed by atoms with Gasteiger partial charge in [0.2, 0.25) is 0 Å². The SMILES string of the molecule is O=C(O)CC1CCN(C(=O)[C@H]2COCCO2)CC1. The third kappa shape index (κ3) is 3.43. The minimum Gasteiger partial charge on any atom is -0.481 e. The van der Waals surface area contributed by atoms with Crippen molar-refractivity contribution in [3.63, 3.8) is 0 Å². The highest BCUT2D eigenvalue weighted by Gasteiger charge is 2.30. The number of carbonyl (C=O) groups is 2. The Bertz CT molecular complexity index is 306. The number of nitrogens with zero attached hydrogens (tertiary/aromatic N) is 1. The molecule has 2 fully saturated rings. The fourth-order valence-corrected chi connectivity index (χ4v) is 2.44. The lowest BCUT2D eigenvalue weighted by Gasteiger charge is -2.34. The molecule has 1 N–H and O–H groups in total. The fraction of sp³-hybridized carbons (Fsp3) is 0.833. The third-order valence-electron chi connectivity index (χ3n) is 3.48. The second-order valence-corrected chi connectivity index (χ2v) is 4.80. The van der Waals surface area contributed by atoms with Crippen molar-refractivity contribution in [2.75, 3.05) is 32.9 Å². The summed E-state index contributed by atoms with van der Waals surface area (Å²) in [5, 5.41) is 8.73. The maximum absolute atomic E-state index is 12.1. The molecule has 0 aromatic carbocycles. The summed E-state index contributed by atoms with van der Waals surface area (Å²) < 4.78 is 10.6. The maximum atomic E-state index is 12.1. The molecule has 0 bridgehead atoms. The second kappa shape index (κ2) is 6.15. The predicted molar refractivity (Wildman–Crippen MR) is 62.1 cm³/mol. The number of rotatable bonds is 3. The smallest absolute Gasteiger partial charge is 0.303 e. The molecule has 2 aliphatic heterocycles. The number of ether oxygens (including phenoxy) is 2. The van der Waals surface area contributed by atoms with E-state index < -0.39 is 12.1 Å². The normalized spacial score (nSPS) is 26.0. The molecule has 2 heterocycles. The van der Waals surface area contributed by atoms with Gasteiger partial charge in [-0.15, -0.1) is 0 Å². The molecule has 0 aliphatic carbocycles. The molecular formula is C12H19NO5. The van der Waals surface area contributed by atoms with Crippen molar-refractivity contribution in [1.82, 2.24) is 4.90 Å². The zero-order valence-electron chi connectivity index (χ0n) is 10.3. The van der Waals surface area contributed by atoms with Crippen LogP contribution in [0.15, 0.2) is 0 Å². The lowest BCUT2D eigenvalue weighted by molar-refractivity contribution is -0.159. The zero-order chi connectivity index (χ0) is 13.0. The summed E-state index contributed by atoms with van der Waals surface area (Å²) in [6.07, 6.45) is 1.23. The van der Waals surface area contributed by atoms with Crippen LogP contribution in [0.1, 0.15) is 19.3 Å². The summed E-state index contributed by atoms with van der Waals surface area (Å²) in [5.41, 5.74) is 0. The zero-order valence-corrected chi connectivity index (χ0v) is 10.3. The Morgan fingerprint density at radius 3 is 2.50 bits per heavy atom. The number of aliphatic carboxylic acids is 1. The second-order valence-electron chi connectivity index (χ2n) is 4.80. The maximum Gasteiger partial charge on any atom is 0.303 e. The highest BCUT2D eigenvalue weighted by molar-refractivity contribution is 5.81. The molecule has 0 radical (unpaired) electrons. The van der Waals surface area contributed by atoms with Crippen LogP contribution in [0, 0.1) is 5.92 Å². The number of piperidine rings is 1. The Morgan fingerprint density at radius 2 is 1.94 bits per heavy atom. The van der Waals surface area contributed by atoms with Gasteiger partial charge in [0.05, 0.1) is 19.8 Å². The minimum absolute atomic E-state index is 0.0246. The molecule has 1 amide bonds. The molecule has 0 saturated carbocycles. The number of hydrogen-bond acceptors (Lipinski definition) is 4. The van der Waals surface area contributed by atoms with Crippen LogP contribution >= 0.6 is 0 Å². The average molecular weight is 257 g/mol. The lowest BCUT2D eigenvalue weighted by atomic mass is 9.93. The largest absolute Gasteiger partial charge is 0.481 e. The van der Waals surface area contributed by atoms with Gasteiger partial charge in [0.15, 0.2) is 6.10 Å². The van der Waals surface area contributed by atoms with Crippen LogP contribution in [0.3, 0.4) is 0 Å². The molecule has 6 nitrogen and oxygen atoms in total. The number of likely N-dealkylation sites (tertiary alicyclic amines) is 1. The molecule has 1 atom stereocenters. The number of carbonyl (C=O) groups excluding carboxylic acids is 1. The number of carboxylic acid groups (broad SMARTS) is 1. The van der Waals surface area contributed by atoms with Crippen LogP contribution in [0.2, 0.25) is 0 Å². The van der Waals surface area contributed by atoms with E-state index in [2.05, 4.69) is 0 Å². The Hall–Kier alpha value is -1.14. The van der Waals surface area contributed by atoms with Crippen molar-refractivity contribution in [2.45, 2.75) is 25.4 Å².